The van der Waals surface area contributed by atoms with Crippen molar-refractivity contribution in [1.29, 1.82) is 0 Å². The van der Waals surface area contributed by atoms with Crippen LogP contribution < -0.4 is 5.32 Å². The third-order valence-electron chi connectivity index (χ3n) is 3.29. The normalized spacial score (nSPS) is 11.8. The summed E-state index contributed by atoms with van der Waals surface area (Å²) >= 11 is 20.6. The minimum absolute atomic E-state index is 0.0762. The van der Waals surface area contributed by atoms with Crippen LogP contribution in [0, 0.1) is 0 Å². The lowest BCUT2D eigenvalue weighted by atomic mass is 10.0. The fourth-order valence-corrected chi connectivity index (χ4v) is 2.91. The summed E-state index contributed by atoms with van der Waals surface area (Å²) in [6, 6.07) is 7.54. The molecule has 120 valence electrons. The number of isothiocyanates is 1. The maximum absolute atomic E-state index is 6.42. The first-order valence-electron chi connectivity index (χ1n) is 6.96. The SMILES string of the molecule is CCC(N=C=S)NCc1ccc(Cl)c(Cl)c1-c1ccc(Br)cn1. The number of aromatic nitrogens is 1. The van der Waals surface area contributed by atoms with Crippen LogP contribution >= 0.6 is 51.3 Å². The predicted molar refractivity (Wildman–Crippen MR) is 103 cm³/mol. The maximum Gasteiger partial charge on any atom is 0.110 e. The molecule has 0 saturated carbocycles. The van der Waals surface area contributed by atoms with E-state index in [9.17, 15) is 0 Å². The number of benzene rings is 1. The lowest BCUT2D eigenvalue weighted by Crippen LogP contribution is -2.26. The van der Waals surface area contributed by atoms with Crippen LogP contribution in [0.2, 0.25) is 10.0 Å². The van der Waals surface area contributed by atoms with Crippen molar-refractivity contribution in [2.45, 2.75) is 26.1 Å². The first-order chi connectivity index (χ1) is 11.1. The summed E-state index contributed by atoms with van der Waals surface area (Å²) in [5, 5.41) is 6.72. The highest BCUT2D eigenvalue weighted by atomic mass is 79.9. The van der Waals surface area contributed by atoms with Crippen molar-refractivity contribution < 1.29 is 0 Å². The Kier molecular flexibility index (Phi) is 7.15. The highest BCUT2D eigenvalue weighted by molar-refractivity contribution is 9.10. The van der Waals surface area contributed by atoms with E-state index in [2.05, 4.69) is 48.6 Å². The van der Waals surface area contributed by atoms with Crippen LogP contribution in [0.4, 0.5) is 0 Å². The van der Waals surface area contributed by atoms with Crippen molar-refractivity contribution in [2.75, 3.05) is 0 Å². The van der Waals surface area contributed by atoms with Crippen LogP contribution in [-0.2, 0) is 6.54 Å². The van der Waals surface area contributed by atoms with E-state index in [4.69, 9.17) is 23.2 Å². The zero-order valence-electron chi connectivity index (χ0n) is 12.3. The van der Waals surface area contributed by atoms with E-state index in [0.717, 1.165) is 27.7 Å². The molecule has 1 atom stereocenters. The van der Waals surface area contributed by atoms with Crippen molar-refractivity contribution in [3.05, 3.63) is 50.5 Å². The summed E-state index contributed by atoms with van der Waals surface area (Å²) in [5.41, 5.74) is 2.58. The van der Waals surface area contributed by atoms with E-state index >= 15 is 0 Å². The van der Waals surface area contributed by atoms with Crippen molar-refractivity contribution in [1.82, 2.24) is 10.3 Å². The third-order valence-corrected chi connectivity index (χ3v) is 4.67. The van der Waals surface area contributed by atoms with Gasteiger partial charge in [-0.15, -0.1) is 0 Å². The molecule has 0 bridgehead atoms. The standard InChI is InChI=1S/C16H14BrCl2N3S/c1-2-14(22-9-23)21-7-10-3-5-12(18)16(19)15(10)13-6-4-11(17)8-20-13/h3-6,8,14,21H,2,7H2,1H3. The average molecular weight is 431 g/mol. The number of pyridine rings is 1. The Balaban J connectivity index is 2.38. The number of halogens is 3. The minimum atomic E-state index is -0.0762. The van der Waals surface area contributed by atoms with Gasteiger partial charge in [-0.2, -0.15) is 0 Å². The summed E-state index contributed by atoms with van der Waals surface area (Å²) < 4.78 is 0.903. The number of aliphatic imine (C=N–C) groups is 1. The van der Waals surface area contributed by atoms with Crippen LogP contribution in [0.3, 0.4) is 0 Å². The molecule has 0 aliphatic carbocycles. The Hall–Kier alpha value is -0.810. The second-order valence-corrected chi connectivity index (χ2v) is 6.67. The first kappa shape index (κ1) is 18.5. The van der Waals surface area contributed by atoms with Crippen molar-refractivity contribution in [3.63, 3.8) is 0 Å². The highest BCUT2D eigenvalue weighted by Crippen LogP contribution is 2.36. The van der Waals surface area contributed by atoms with Gasteiger partial charge in [0.25, 0.3) is 0 Å². The van der Waals surface area contributed by atoms with E-state index in [-0.39, 0.29) is 6.17 Å². The molecule has 23 heavy (non-hydrogen) atoms. The summed E-state index contributed by atoms with van der Waals surface area (Å²) in [5.74, 6) is 0. The van der Waals surface area contributed by atoms with E-state index in [1.165, 1.54) is 0 Å². The van der Waals surface area contributed by atoms with Gasteiger partial charge < -0.3 is 0 Å². The molecule has 1 unspecified atom stereocenters. The molecular weight excluding hydrogens is 417 g/mol. The zero-order chi connectivity index (χ0) is 16.8. The molecule has 2 rings (SSSR count). The van der Waals surface area contributed by atoms with E-state index in [0.29, 0.717) is 16.6 Å². The van der Waals surface area contributed by atoms with Gasteiger partial charge in [0.2, 0.25) is 0 Å². The highest BCUT2D eigenvalue weighted by Gasteiger charge is 2.15. The Labute approximate surface area is 159 Å². The predicted octanol–water partition coefficient (Wildman–Crippen LogP) is 5.75. The molecule has 7 heteroatoms. The van der Waals surface area contributed by atoms with Crippen LogP contribution in [0.1, 0.15) is 18.9 Å². The number of hydrogen-bond acceptors (Lipinski definition) is 4. The molecule has 0 aliphatic heterocycles. The number of hydrogen-bond donors (Lipinski definition) is 1. The summed E-state index contributed by atoms with van der Waals surface area (Å²) in [6.07, 6.45) is 2.47. The van der Waals surface area contributed by atoms with Crippen LogP contribution in [-0.4, -0.2) is 16.3 Å². The monoisotopic (exact) mass is 429 g/mol. The molecule has 2 aromatic rings. The topological polar surface area (TPSA) is 37.3 Å². The fraction of sp³-hybridized carbons (Fsp3) is 0.250. The van der Waals surface area contributed by atoms with Gasteiger partial charge in [-0.1, -0.05) is 36.2 Å². The van der Waals surface area contributed by atoms with Gasteiger partial charge in [0, 0.05) is 22.8 Å². The third kappa shape index (κ3) is 4.83. The van der Waals surface area contributed by atoms with Crippen LogP contribution in [0.15, 0.2) is 39.9 Å². The molecule has 0 radical (unpaired) electrons. The molecule has 0 spiro atoms. The molecule has 0 saturated heterocycles. The zero-order valence-corrected chi connectivity index (χ0v) is 16.2. The van der Waals surface area contributed by atoms with Gasteiger partial charge in [0.1, 0.15) is 6.17 Å². The van der Waals surface area contributed by atoms with E-state index in [1.54, 1.807) is 12.3 Å². The van der Waals surface area contributed by atoms with E-state index in [1.807, 2.05) is 25.1 Å². The molecule has 3 nitrogen and oxygen atoms in total. The first-order valence-corrected chi connectivity index (χ1v) is 8.91. The number of nitrogens with one attached hydrogen (secondary N) is 1. The maximum atomic E-state index is 6.42. The number of nitrogens with zero attached hydrogens (tertiary/aromatic N) is 2. The Morgan fingerprint density at radius 1 is 1.35 bits per heavy atom. The van der Waals surface area contributed by atoms with E-state index < -0.39 is 0 Å². The average Bonchev–Trinajstić information content (AvgIpc) is 2.55. The lowest BCUT2D eigenvalue weighted by Gasteiger charge is -2.16. The van der Waals surface area contributed by atoms with Crippen molar-refractivity contribution >= 4 is 56.5 Å². The summed E-state index contributed by atoms with van der Waals surface area (Å²) in [7, 11) is 0. The molecule has 0 fully saturated rings. The molecule has 0 aliphatic rings. The molecule has 1 N–H and O–H groups in total. The number of thiocarbonyl (C=S) groups is 1. The number of rotatable bonds is 6. The Morgan fingerprint density at radius 2 is 2.13 bits per heavy atom. The van der Waals surface area contributed by atoms with Gasteiger partial charge in [-0.3, -0.25) is 10.3 Å². The molecule has 1 aromatic carbocycles. The Bertz CT molecular complexity index is 731. The smallest absolute Gasteiger partial charge is 0.110 e. The quantitative estimate of drug-likeness (QED) is 0.468. The summed E-state index contributed by atoms with van der Waals surface area (Å²) in [6.45, 7) is 2.60. The fourth-order valence-electron chi connectivity index (χ4n) is 2.11. The van der Waals surface area contributed by atoms with Gasteiger partial charge in [-0.25, -0.2) is 4.99 Å². The molecule has 0 amide bonds. The van der Waals surface area contributed by atoms with Gasteiger partial charge in [0.05, 0.1) is 20.9 Å². The van der Waals surface area contributed by atoms with Crippen molar-refractivity contribution in [3.8, 4) is 11.3 Å². The van der Waals surface area contributed by atoms with Crippen LogP contribution in [0.25, 0.3) is 11.3 Å². The molecule has 1 aromatic heterocycles. The molecule has 1 heterocycles. The van der Waals surface area contributed by atoms with Gasteiger partial charge in [0.15, 0.2) is 0 Å². The summed E-state index contributed by atoms with van der Waals surface area (Å²) in [4.78, 5) is 8.51. The molecular formula is C16H14BrCl2N3S. The lowest BCUT2D eigenvalue weighted by molar-refractivity contribution is 0.518. The van der Waals surface area contributed by atoms with Gasteiger partial charge in [-0.05, 0) is 58.3 Å². The van der Waals surface area contributed by atoms with Gasteiger partial charge >= 0.3 is 0 Å². The van der Waals surface area contributed by atoms with Crippen LogP contribution in [0.5, 0.6) is 0 Å². The second-order valence-electron chi connectivity index (χ2n) is 4.78. The second kappa shape index (κ2) is 8.88. The minimum Gasteiger partial charge on any atom is -0.291 e. The Morgan fingerprint density at radius 3 is 2.74 bits per heavy atom. The largest absolute Gasteiger partial charge is 0.291 e. The van der Waals surface area contributed by atoms with Crippen molar-refractivity contribution in [2.24, 2.45) is 4.99 Å².